The zero-order valence-electron chi connectivity index (χ0n) is 9.97. The van der Waals surface area contributed by atoms with E-state index in [1.165, 1.54) is 0 Å². The first-order chi connectivity index (χ1) is 9.24. The van der Waals surface area contributed by atoms with Crippen LogP contribution in [-0.2, 0) is 0 Å². The lowest BCUT2D eigenvalue weighted by Crippen LogP contribution is -1.96. The summed E-state index contributed by atoms with van der Waals surface area (Å²) in [7, 11) is 0. The van der Waals surface area contributed by atoms with E-state index < -0.39 is 0 Å². The van der Waals surface area contributed by atoms with Crippen LogP contribution in [0.25, 0.3) is 10.9 Å². The van der Waals surface area contributed by atoms with Crippen LogP contribution in [0.15, 0.2) is 48.7 Å². The second kappa shape index (κ2) is 4.74. The van der Waals surface area contributed by atoms with Crippen LogP contribution in [0.4, 0.5) is 17.1 Å². The van der Waals surface area contributed by atoms with Crippen molar-refractivity contribution in [2.45, 2.75) is 0 Å². The predicted molar refractivity (Wildman–Crippen MR) is 78.7 cm³/mol. The number of hydrogen-bond donors (Lipinski definition) is 2. The highest BCUT2D eigenvalue weighted by Crippen LogP contribution is 2.30. The molecule has 3 N–H and O–H groups in total. The molecule has 0 unspecified atom stereocenters. The van der Waals surface area contributed by atoms with E-state index in [1.807, 2.05) is 24.3 Å². The first-order valence-electron chi connectivity index (χ1n) is 5.76. The standard InChI is InChI=1S/C14H11ClN4/c15-11-6-5-9(16)7-13(11)18-14-8-17-19-12-4-2-1-3-10(12)14/h1-8H,16H2,(H,18,19). The Morgan fingerprint density at radius 3 is 2.79 bits per heavy atom. The van der Waals surface area contributed by atoms with E-state index in [9.17, 15) is 0 Å². The summed E-state index contributed by atoms with van der Waals surface area (Å²) in [6, 6.07) is 13.1. The number of fused-ring (bicyclic) bond motifs is 1. The van der Waals surface area contributed by atoms with Gasteiger partial charge in [0.2, 0.25) is 0 Å². The lowest BCUT2D eigenvalue weighted by molar-refractivity contribution is 1.08. The summed E-state index contributed by atoms with van der Waals surface area (Å²) < 4.78 is 0. The van der Waals surface area contributed by atoms with Crippen molar-refractivity contribution < 1.29 is 0 Å². The van der Waals surface area contributed by atoms with Gasteiger partial charge in [-0.25, -0.2) is 0 Å². The minimum absolute atomic E-state index is 0.607. The molecule has 3 aromatic rings. The molecule has 0 saturated heterocycles. The lowest BCUT2D eigenvalue weighted by Gasteiger charge is -2.10. The number of nitrogens with zero attached hydrogens (tertiary/aromatic N) is 2. The quantitative estimate of drug-likeness (QED) is 0.698. The molecule has 0 amide bonds. The fraction of sp³-hybridized carbons (Fsp3) is 0. The summed E-state index contributed by atoms with van der Waals surface area (Å²) in [5.74, 6) is 0. The molecule has 0 aliphatic rings. The molecule has 1 heterocycles. The summed E-state index contributed by atoms with van der Waals surface area (Å²) in [4.78, 5) is 0. The number of benzene rings is 2. The molecular formula is C14H11ClN4. The molecule has 0 bridgehead atoms. The molecule has 5 heteroatoms. The Kier molecular flexibility index (Phi) is 2.93. The number of rotatable bonds is 2. The molecule has 0 spiro atoms. The average Bonchev–Trinajstić information content (AvgIpc) is 2.43. The van der Waals surface area contributed by atoms with Gasteiger partial charge in [-0.05, 0) is 24.3 Å². The Balaban J connectivity index is 2.08. The molecule has 4 nitrogen and oxygen atoms in total. The number of nitrogens with two attached hydrogens (primary N) is 1. The fourth-order valence-corrected chi connectivity index (χ4v) is 2.06. The normalized spacial score (nSPS) is 10.6. The van der Waals surface area contributed by atoms with E-state index >= 15 is 0 Å². The maximum absolute atomic E-state index is 6.14. The van der Waals surface area contributed by atoms with Crippen LogP contribution in [-0.4, -0.2) is 10.2 Å². The smallest absolute Gasteiger partial charge is 0.0950 e. The average molecular weight is 271 g/mol. The van der Waals surface area contributed by atoms with Crippen LogP contribution < -0.4 is 11.1 Å². The Bertz CT molecular complexity index is 737. The Hall–Kier alpha value is -2.33. The lowest BCUT2D eigenvalue weighted by atomic mass is 10.2. The molecule has 0 aliphatic heterocycles. The van der Waals surface area contributed by atoms with Crippen molar-refractivity contribution in [3.63, 3.8) is 0 Å². The second-order valence-electron chi connectivity index (χ2n) is 4.14. The molecule has 0 fully saturated rings. The van der Waals surface area contributed by atoms with Gasteiger partial charge in [0.15, 0.2) is 0 Å². The number of halogens is 1. The van der Waals surface area contributed by atoms with Gasteiger partial charge >= 0.3 is 0 Å². The fourth-order valence-electron chi connectivity index (χ4n) is 1.89. The van der Waals surface area contributed by atoms with Crippen molar-refractivity contribution in [2.75, 3.05) is 11.1 Å². The predicted octanol–water partition coefficient (Wildman–Crippen LogP) is 3.61. The zero-order chi connectivity index (χ0) is 13.2. The van der Waals surface area contributed by atoms with Gasteiger partial charge in [0.1, 0.15) is 0 Å². The van der Waals surface area contributed by atoms with Crippen molar-refractivity contribution in [2.24, 2.45) is 0 Å². The summed E-state index contributed by atoms with van der Waals surface area (Å²) in [5.41, 5.74) is 8.84. The Labute approximate surface area is 115 Å². The molecule has 0 atom stereocenters. The molecular weight excluding hydrogens is 260 g/mol. The Morgan fingerprint density at radius 1 is 1.05 bits per heavy atom. The van der Waals surface area contributed by atoms with Crippen LogP contribution in [0.3, 0.4) is 0 Å². The van der Waals surface area contributed by atoms with E-state index in [4.69, 9.17) is 17.3 Å². The van der Waals surface area contributed by atoms with Gasteiger partial charge in [-0.3, -0.25) is 0 Å². The van der Waals surface area contributed by atoms with Crippen molar-refractivity contribution in [3.05, 3.63) is 53.7 Å². The molecule has 1 aromatic heterocycles. The van der Waals surface area contributed by atoms with Gasteiger partial charge in [-0.2, -0.15) is 10.2 Å². The highest BCUT2D eigenvalue weighted by atomic mass is 35.5. The van der Waals surface area contributed by atoms with Gasteiger partial charge in [0.25, 0.3) is 0 Å². The van der Waals surface area contributed by atoms with Crippen LogP contribution >= 0.6 is 11.6 Å². The summed E-state index contributed by atoms with van der Waals surface area (Å²) in [6.07, 6.45) is 1.67. The summed E-state index contributed by atoms with van der Waals surface area (Å²) in [6.45, 7) is 0. The molecule has 3 rings (SSSR count). The number of aromatic nitrogens is 2. The molecule has 94 valence electrons. The molecule has 19 heavy (non-hydrogen) atoms. The number of nitrogens with one attached hydrogen (secondary N) is 1. The maximum atomic E-state index is 6.14. The van der Waals surface area contributed by atoms with Crippen molar-refractivity contribution in [1.29, 1.82) is 0 Å². The summed E-state index contributed by atoms with van der Waals surface area (Å²) in [5, 5.41) is 12.9. The third-order valence-electron chi connectivity index (χ3n) is 2.81. The van der Waals surface area contributed by atoms with E-state index in [0.717, 1.165) is 22.3 Å². The minimum atomic E-state index is 0.607. The number of nitrogen functional groups attached to an aromatic ring is 1. The van der Waals surface area contributed by atoms with Gasteiger partial charge in [-0.1, -0.05) is 29.8 Å². The van der Waals surface area contributed by atoms with Gasteiger partial charge < -0.3 is 11.1 Å². The van der Waals surface area contributed by atoms with Crippen LogP contribution in [0.5, 0.6) is 0 Å². The highest BCUT2D eigenvalue weighted by molar-refractivity contribution is 6.33. The molecule has 0 aliphatic carbocycles. The van der Waals surface area contributed by atoms with E-state index in [0.29, 0.717) is 10.7 Å². The first kappa shape index (κ1) is 11.7. The zero-order valence-corrected chi connectivity index (χ0v) is 10.7. The van der Waals surface area contributed by atoms with Crippen LogP contribution in [0, 0.1) is 0 Å². The van der Waals surface area contributed by atoms with Crippen LogP contribution in [0.2, 0.25) is 5.02 Å². The van der Waals surface area contributed by atoms with Gasteiger partial charge in [-0.15, -0.1) is 0 Å². The van der Waals surface area contributed by atoms with E-state index in [2.05, 4.69) is 15.5 Å². The second-order valence-corrected chi connectivity index (χ2v) is 4.55. The van der Waals surface area contributed by atoms with E-state index in [1.54, 1.807) is 24.4 Å². The van der Waals surface area contributed by atoms with Gasteiger partial charge in [0, 0.05) is 11.1 Å². The first-order valence-corrected chi connectivity index (χ1v) is 6.14. The van der Waals surface area contributed by atoms with Gasteiger partial charge in [0.05, 0.1) is 28.1 Å². The topological polar surface area (TPSA) is 63.8 Å². The minimum Gasteiger partial charge on any atom is -0.399 e. The molecule has 0 radical (unpaired) electrons. The number of anilines is 3. The van der Waals surface area contributed by atoms with Crippen molar-refractivity contribution >= 4 is 39.6 Å². The monoisotopic (exact) mass is 270 g/mol. The highest BCUT2D eigenvalue weighted by Gasteiger charge is 2.05. The third kappa shape index (κ3) is 2.30. The van der Waals surface area contributed by atoms with Crippen LogP contribution in [0.1, 0.15) is 0 Å². The number of hydrogen-bond acceptors (Lipinski definition) is 4. The van der Waals surface area contributed by atoms with Crippen molar-refractivity contribution in [3.8, 4) is 0 Å². The Morgan fingerprint density at radius 2 is 1.89 bits per heavy atom. The third-order valence-corrected chi connectivity index (χ3v) is 3.14. The molecule has 0 saturated carbocycles. The van der Waals surface area contributed by atoms with Crippen molar-refractivity contribution in [1.82, 2.24) is 10.2 Å². The summed E-state index contributed by atoms with van der Waals surface area (Å²) >= 11 is 6.14. The van der Waals surface area contributed by atoms with E-state index in [-0.39, 0.29) is 0 Å². The maximum Gasteiger partial charge on any atom is 0.0950 e. The SMILES string of the molecule is Nc1ccc(Cl)c(Nc2cnnc3ccccc23)c1. The largest absolute Gasteiger partial charge is 0.399 e. The molecule has 2 aromatic carbocycles.